The lowest BCUT2D eigenvalue weighted by Gasteiger charge is -2.10. The maximum atomic E-state index is 12.8. The highest BCUT2D eigenvalue weighted by Crippen LogP contribution is 2.32. The number of fused-ring (bicyclic) bond motifs is 3. The van der Waals surface area contributed by atoms with Crippen LogP contribution < -0.4 is 15.7 Å². The molecule has 0 saturated carbocycles. The Kier molecular flexibility index (Phi) is 5.40. The number of benzene rings is 2. The average Bonchev–Trinajstić information content (AvgIpc) is 3.40. The summed E-state index contributed by atoms with van der Waals surface area (Å²) in [5.74, 6) is 0.568. The topological polar surface area (TPSA) is 97.5 Å². The van der Waals surface area contributed by atoms with Crippen molar-refractivity contribution in [2.75, 3.05) is 13.7 Å². The fourth-order valence-corrected chi connectivity index (χ4v) is 4.57. The third-order valence-electron chi connectivity index (χ3n) is 6.56. The molecule has 7 heteroatoms. The molecule has 0 aliphatic rings. The first-order valence-corrected chi connectivity index (χ1v) is 11.2. The molecule has 3 heterocycles. The molecule has 0 fully saturated rings. The molecular weight excluding hydrogens is 432 g/mol. The summed E-state index contributed by atoms with van der Waals surface area (Å²) in [7, 11) is 1.64. The summed E-state index contributed by atoms with van der Waals surface area (Å²) in [6.07, 6.45) is 4.26. The van der Waals surface area contributed by atoms with Gasteiger partial charge in [0.05, 0.1) is 25.4 Å². The van der Waals surface area contributed by atoms with E-state index >= 15 is 0 Å². The number of amides is 1. The Hall–Kier alpha value is -4.00. The zero-order chi connectivity index (χ0) is 24.0. The van der Waals surface area contributed by atoms with Gasteiger partial charge in [0.2, 0.25) is 5.91 Å². The molecule has 2 N–H and O–H groups in total. The van der Waals surface area contributed by atoms with E-state index in [-0.39, 0.29) is 12.3 Å². The van der Waals surface area contributed by atoms with Gasteiger partial charge in [-0.15, -0.1) is 0 Å². The fraction of sp³-hybridized carbons (Fsp3) is 0.259. The predicted octanol–water partition coefficient (Wildman–Crippen LogP) is 4.86. The number of carbonyl (C=O) groups is 1. The van der Waals surface area contributed by atoms with E-state index in [2.05, 4.69) is 10.3 Å². The van der Waals surface area contributed by atoms with Crippen LogP contribution in [-0.4, -0.2) is 24.5 Å². The van der Waals surface area contributed by atoms with Crippen molar-refractivity contribution in [3.05, 3.63) is 75.0 Å². The highest BCUT2D eigenvalue weighted by atomic mass is 16.5. The molecule has 1 amide bonds. The summed E-state index contributed by atoms with van der Waals surface area (Å²) in [5.41, 5.74) is 5.77. The summed E-state index contributed by atoms with van der Waals surface area (Å²) in [6, 6.07) is 7.83. The van der Waals surface area contributed by atoms with E-state index in [4.69, 9.17) is 13.6 Å². The first-order chi connectivity index (χ1) is 16.4. The van der Waals surface area contributed by atoms with Crippen LogP contribution in [0.3, 0.4) is 0 Å². The normalized spacial score (nSPS) is 11.5. The summed E-state index contributed by atoms with van der Waals surface area (Å²) in [4.78, 5) is 28.7. The SMILES string of the molecule is COc1ccc2[nH]cc(CCNC(=O)Cc3c(C)c4cc5c(C)coc5c(C)c4oc3=O)c2c1. The van der Waals surface area contributed by atoms with E-state index < -0.39 is 5.63 Å². The Morgan fingerprint density at radius 2 is 1.88 bits per heavy atom. The molecule has 0 radical (unpaired) electrons. The van der Waals surface area contributed by atoms with Crippen molar-refractivity contribution in [1.29, 1.82) is 0 Å². The largest absolute Gasteiger partial charge is 0.497 e. The summed E-state index contributed by atoms with van der Waals surface area (Å²) < 4.78 is 16.6. The van der Waals surface area contributed by atoms with Gasteiger partial charge in [-0.25, -0.2) is 4.79 Å². The molecule has 0 atom stereocenters. The second kappa shape index (κ2) is 8.41. The van der Waals surface area contributed by atoms with Crippen molar-refractivity contribution in [3.8, 4) is 5.75 Å². The van der Waals surface area contributed by atoms with E-state index in [0.717, 1.165) is 49.7 Å². The minimum absolute atomic E-state index is 0.0345. The lowest BCUT2D eigenvalue weighted by atomic mass is 9.99. The minimum Gasteiger partial charge on any atom is -0.497 e. The lowest BCUT2D eigenvalue weighted by molar-refractivity contribution is -0.120. The quantitative estimate of drug-likeness (QED) is 0.354. The van der Waals surface area contributed by atoms with Crippen molar-refractivity contribution in [1.82, 2.24) is 10.3 Å². The Labute approximate surface area is 195 Å². The molecule has 0 bridgehead atoms. The van der Waals surface area contributed by atoms with Gasteiger partial charge in [0.1, 0.15) is 16.9 Å². The third-order valence-corrected chi connectivity index (χ3v) is 6.56. The molecule has 0 aliphatic carbocycles. The first-order valence-electron chi connectivity index (χ1n) is 11.2. The van der Waals surface area contributed by atoms with Crippen LogP contribution in [0, 0.1) is 20.8 Å². The zero-order valence-corrected chi connectivity index (χ0v) is 19.6. The first kappa shape index (κ1) is 21.8. The number of methoxy groups -OCH3 is 1. The molecule has 0 saturated heterocycles. The molecule has 0 aliphatic heterocycles. The second-order valence-electron chi connectivity index (χ2n) is 8.67. The predicted molar refractivity (Wildman–Crippen MR) is 132 cm³/mol. The summed E-state index contributed by atoms with van der Waals surface area (Å²) in [5, 5.41) is 5.80. The van der Waals surface area contributed by atoms with Crippen molar-refractivity contribution in [3.63, 3.8) is 0 Å². The van der Waals surface area contributed by atoms with Gasteiger partial charge in [-0.2, -0.15) is 0 Å². The van der Waals surface area contributed by atoms with Gasteiger partial charge >= 0.3 is 5.63 Å². The van der Waals surface area contributed by atoms with Crippen LogP contribution in [0.15, 0.2) is 50.4 Å². The van der Waals surface area contributed by atoms with Gasteiger partial charge in [0, 0.05) is 40.0 Å². The summed E-state index contributed by atoms with van der Waals surface area (Å²) >= 11 is 0. The number of aromatic amines is 1. The molecular formula is C27H26N2O5. The molecule has 2 aromatic carbocycles. The van der Waals surface area contributed by atoms with Crippen LogP contribution in [-0.2, 0) is 17.6 Å². The smallest absolute Gasteiger partial charge is 0.340 e. The number of hydrogen-bond donors (Lipinski definition) is 2. The maximum absolute atomic E-state index is 12.8. The van der Waals surface area contributed by atoms with Gasteiger partial charge in [0.25, 0.3) is 0 Å². The van der Waals surface area contributed by atoms with E-state index in [1.807, 2.05) is 51.2 Å². The molecule has 34 heavy (non-hydrogen) atoms. The number of rotatable bonds is 6. The van der Waals surface area contributed by atoms with Gasteiger partial charge in [-0.3, -0.25) is 4.79 Å². The van der Waals surface area contributed by atoms with Gasteiger partial charge in [-0.05, 0) is 68.1 Å². The lowest BCUT2D eigenvalue weighted by Crippen LogP contribution is -2.29. The van der Waals surface area contributed by atoms with Crippen molar-refractivity contribution >= 4 is 38.7 Å². The molecule has 5 aromatic rings. The number of ether oxygens (including phenoxy) is 1. The van der Waals surface area contributed by atoms with E-state index in [1.54, 1.807) is 13.4 Å². The van der Waals surface area contributed by atoms with E-state index in [9.17, 15) is 9.59 Å². The molecule has 174 valence electrons. The number of nitrogens with one attached hydrogen (secondary N) is 2. The maximum Gasteiger partial charge on any atom is 0.340 e. The minimum atomic E-state index is -0.491. The van der Waals surface area contributed by atoms with Gasteiger partial charge < -0.3 is 23.9 Å². The molecule has 5 rings (SSSR count). The molecule has 3 aromatic heterocycles. The van der Waals surface area contributed by atoms with Crippen LogP contribution in [0.2, 0.25) is 0 Å². The molecule has 7 nitrogen and oxygen atoms in total. The van der Waals surface area contributed by atoms with Crippen LogP contribution in [0.4, 0.5) is 0 Å². The number of aromatic nitrogens is 1. The highest BCUT2D eigenvalue weighted by Gasteiger charge is 2.19. The van der Waals surface area contributed by atoms with Crippen LogP contribution in [0.1, 0.15) is 27.8 Å². The Bertz CT molecular complexity index is 1620. The van der Waals surface area contributed by atoms with Crippen LogP contribution in [0.5, 0.6) is 5.75 Å². The van der Waals surface area contributed by atoms with Crippen LogP contribution >= 0.6 is 0 Å². The molecule has 0 spiro atoms. The Morgan fingerprint density at radius 3 is 2.68 bits per heavy atom. The van der Waals surface area contributed by atoms with Crippen molar-refractivity contribution in [2.24, 2.45) is 0 Å². The van der Waals surface area contributed by atoms with Crippen molar-refractivity contribution in [2.45, 2.75) is 33.6 Å². The highest BCUT2D eigenvalue weighted by molar-refractivity contribution is 6.00. The fourth-order valence-electron chi connectivity index (χ4n) is 4.57. The van der Waals surface area contributed by atoms with Gasteiger partial charge in [0.15, 0.2) is 0 Å². The zero-order valence-electron chi connectivity index (χ0n) is 19.6. The number of aryl methyl sites for hydroxylation is 3. The monoisotopic (exact) mass is 458 g/mol. The van der Waals surface area contributed by atoms with Gasteiger partial charge in [-0.1, -0.05) is 0 Å². The average molecular weight is 459 g/mol. The number of carbonyl (C=O) groups excluding carboxylic acids is 1. The summed E-state index contributed by atoms with van der Waals surface area (Å²) in [6.45, 7) is 6.17. The van der Waals surface area contributed by atoms with E-state index in [1.165, 1.54) is 0 Å². The molecule has 0 unspecified atom stereocenters. The van der Waals surface area contributed by atoms with Crippen molar-refractivity contribution < 1.29 is 18.4 Å². The van der Waals surface area contributed by atoms with E-state index in [0.29, 0.717) is 29.7 Å². The number of furan rings is 1. The Balaban J connectivity index is 1.35. The number of hydrogen-bond acceptors (Lipinski definition) is 5. The second-order valence-corrected chi connectivity index (χ2v) is 8.67. The Morgan fingerprint density at radius 1 is 1.06 bits per heavy atom. The third kappa shape index (κ3) is 3.63. The van der Waals surface area contributed by atoms with Crippen LogP contribution in [0.25, 0.3) is 32.8 Å². The number of H-pyrrole nitrogens is 1. The standard InChI is InChI=1S/C27H26N2O5/c1-14-13-33-25-16(3)26-20(10-19(14)25)15(2)21(27(31)34-26)11-24(30)28-8-7-17-12-29-23-6-5-18(32-4)9-22(17)23/h5-6,9-10,12-13,29H,7-8,11H2,1-4H3,(H,28,30).